The molecule has 1 fully saturated rings. The molecule has 2 aromatic rings. The summed E-state index contributed by atoms with van der Waals surface area (Å²) in [7, 11) is 0. The number of thioether (sulfide) groups is 1. The van der Waals surface area contributed by atoms with Gasteiger partial charge in [-0.2, -0.15) is 16.9 Å². The molecule has 2 aromatic heterocycles. The van der Waals surface area contributed by atoms with Gasteiger partial charge in [0.15, 0.2) is 5.76 Å². The van der Waals surface area contributed by atoms with Gasteiger partial charge in [-0.1, -0.05) is 0 Å². The van der Waals surface area contributed by atoms with Crippen LogP contribution in [0.25, 0.3) is 11.5 Å². The first-order valence-corrected chi connectivity index (χ1v) is 8.42. The molecule has 0 spiro atoms. The van der Waals surface area contributed by atoms with Gasteiger partial charge in [-0.05, 0) is 43.4 Å². The van der Waals surface area contributed by atoms with Crippen LogP contribution in [0.5, 0.6) is 0 Å². The van der Waals surface area contributed by atoms with Crippen LogP contribution < -0.4 is 5.32 Å². The maximum atomic E-state index is 10.5. The number of furan rings is 1. The van der Waals surface area contributed by atoms with E-state index in [0.717, 1.165) is 47.1 Å². The van der Waals surface area contributed by atoms with E-state index in [-0.39, 0.29) is 0 Å². The third-order valence-corrected chi connectivity index (χ3v) is 4.88. The van der Waals surface area contributed by atoms with Crippen molar-refractivity contribution in [3.63, 3.8) is 0 Å². The Morgan fingerprint density at radius 1 is 1.43 bits per heavy atom. The quantitative estimate of drug-likeness (QED) is 0.790. The second-order valence-electron chi connectivity index (χ2n) is 5.62. The maximum Gasteiger partial charge on any atom is 0.152 e. The predicted molar refractivity (Wildman–Crippen MR) is 84.2 cm³/mol. The molecule has 0 radical (unpaired) electrons. The van der Waals surface area contributed by atoms with Gasteiger partial charge in [0, 0.05) is 18.7 Å². The van der Waals surface area contributed by atoms with Crippen molar-refractivity contribution in [1.29, 1.82) is 0 Å². The van der Waals surface area contributed by atoms with E-state index in [9.17, 15) is 5.11 Å². The Kier molecular flexibility index (Phi) is 4.37. The minimum atomic E-state index is -0.559. The van der Waals surface area contributed by atoms with Gasteiger partial charge in [-0.25, -0.2) is 0 Å². The molecule has 0 amide bonds. The SMILES string of the molecule is Cc1ccc(-c2[nH]ncc2CNCC2(O)CCSCC2)o1. The zero-order valence-corrected chi connectivity index (χ0v) is 13.0. The van der Waals surface area contributed by atoms with Crippen LogP contribution in [0.15, 0.2) is 22.7 Å². The molecule has 0 saturated carbocycles. The number of nitrogens with zero attached hydrogens (tertiary/aromatic N) is 1. The summed E-state index contributed by atoms with van der Waals surface area (Å²) in [4.78, 5) is 0. The van der Waals surface area contributed by atoms with Crippen LogP contribution >= 0.6 is 11.8 Å². The second kappa shape index (κ2) is 6.25. The smallest absolute Gasteiger partial charge is 0.152 e. The lowest BCUT2D eigenvalue weighted by atomic mass is 9.97. The van der Waals surface area contributed by atoms with Gasteiger partial charge >= 0.3 is 0 Å². The molecular formula is C15H21N3O2S. The number of hydrogen-bond acceptors (Lipinski definition) is 5. The van der Waals surface area contributed by atoms with Crippen molar-refractivity contribution in [3.8, 4) is 11.5 Å². The van der Waals surface area contributed by atoms with Crippen LogP contribution in [0.2, 0.25) is 0 Å². The van der Waals surface area contributed by atoms with Gasteiger partial charge in [0.05, 0.1) is 11.8 Å². The minimum Gasteiger partial charge on any atom is -0.460 e. The molecular weight excluding hydrogens is 286 g/mol. The molecule has 21 heavy (non-hydrogen) atoms. The summed E-state index contributed by atoms with van der Waals surface area (Å²) >= 11 is 1.92. The van der Waals surface area contributed by atoms with Crippen LogP contribution in [0, 0.1) is 6.92 Å². The van der Waals surface area contributed by atoms with Crippen molar-refractivity contribution in [1.82, 2.24) is 15.5 Å². The van der Waals surface area contributed by atoms with Gasteiger partial charge in [0.1, 0.15) is 11.5 Å². The fourth-order valence-electron chi connectivity index (χ4n) is 2.59. The van der Waals surface area contributed by atoms with Gasteiger partial charge in [-0.15, -0.1) is 0 Å². The highest BCUT2D eigenvalue weighted by Crippen LogP contribution is 2.27. The second-order valence-corrected chi connectivity index (χ2v) is 6.85. The van der Waals surface area contributed by atoms with Gasteiger partial charge < -0.3 is 14.8 Å². The topological polar surface area (TPSA) is 74.1 Å². The number of hydrogen-bond donors (Lipinski definition) is 3. The van der Waals surface area contributed by atoms with Gasteiger partial charge in [-0.3, -0.25) is 5.10 Å². The lowest BCUT2D eigenvalue weighted by molar-refractivity contribution is 0.0320. The molecule has 0 aromatic carbocycles. The minimum absolute atomic E-state index is 0.559. The Bertz CT molecular complexity index is 587. The first-order valence-electron chi connectivity index (χ1n) is 7.26. The molecule has 3 N–H and O–H groups in total. The number of aliphatic hydroxyl groups is 1. The Labute approximate surface area is 128 Å². The molecule has 0 atom stereocenters. The molecule has 5 nitrogen and oxygen atoms in total. The highest BCUT2D eigenvalue weighted by Gasteiger charge is 2.28. The first kappa shape index (κ1) is 14.7. The average Bonchev–Trinajstić information content (AvgIpc) is 3.08. The molecule has 1 aliphatic heterocycles. The average molecular weight is 307 g/mol. The van der Waals surface area contributed by atoms with Gasteiger partial charge in [0.25, 0.3) is 0 Å². The number of rotatable bonds is 5. The van der Waals surface area contributed by atoms with Crippen molar-refractivity contribution in [2.24, 2.45) is 0 Å². The summed E-state index contributed by atoms with van der Waals surface area (Å²) in [6.07, 6.45) is 3.53. The number of aryl methyl sites for hydroxylation is 1. The molecule has 3 heterocycles. The fraction of sp³-hybridized carbons (Fsp3) is 0.533. The Balaban J connectivity index is 1.60. The molecule has 1 saturated heterocycles. The monoisotopic (exact) mass is 307 g/mol. The summed E-state index contributed by atoms with van der Waals surface area (Å²) in [5, 5.41) is 20.9. The standard InChI is InChI=1S/C15H21N3O2S/c1-11-2-3-13(20-11)14-12(9-17-18-14)8-16-10-15(19)4-6-21-7-5-15/h2-3,9,16,19H,4-8,10H2,1H3,(H,17,18). The first-order chi connectivity index (χ1) is 10.2. The van der Waals surface area contributed by atoms with Crippen LogP contribution in [0.4, 0.5) is 0 Å². The third kappa shape index (κ3) is 3.51. The van der Waals surface area contributed by atoms with Crippen molar-refractivity contribution in [2.45, 2.75) is 31.9 Å². The zero-order valence-electron chi connectivity index (χ0n) is 12.2. The Hall–Kier alpha value is -1.24. The summed E-state index contributed by atoms with van der Waals surface area (Å²) < 4.78 is 5.63. The largest absolute Gasteiger partial charge is 0.460 e. The van der Waals surface area contributed by atoms with Crippen LogP contribution in [0.3, 0.4) is 0 Å². The molecule has 0 unspecified atom stereocenters. The summed E-state index contributed by atoms with van der Waals surface area (Å²) in [5.74, 6) is 3.77. The highest BCUT2D eigenvalue weighted by molar-refractivity contribution is 7.99. The summed E-state index contributed by atoms with van der Waals surface area (Å²) in [6.45, 7) is 3.21. The van der Waals surface area contributed by atoms with E-state index in [1.807, 2.05) is 30.8 Å². The maximum absolute atomic E-state index is 10.5. The molecule has 114 valence electrons. The van der Waals surface area contributed by atoms with Crippen molar-refractivity contribution >= 4 is 11.8 Å². The van der Waals surface area contributed by atoms with E-state index >= 15 is 0 Å². The third-order valence-electron chi connectivity index (χ3n) is 3.90. The van der Waals surface area contributed by atoms with Crippen LogP contribution in [0.1, 0.15) is 24.2 Å². The van der Waals surface area contributed by atoms with Crippen LogP contribution in [-0.2, 0) is 6.54 Å². The fourth-order valence-corrected chi connectivity index (χ4v) is 3.84. The van der Waals surface area contributed by atoms with Crippen molar-refractivity contribution in [3.05, 3.63) is 29.7 Å². The lowest BCUT2D eigenvalue weighted by Crippen LogP contribution is -2.43. The van der Waals surface area contributed by atoms with E-state index in [0.29, 0.717) is 13.1 Å². The van der Waals surface area contributed by atoms with Gasteiger partial charge in [0.2, 0.25) is 0 Å². The number of aromatic amines is 1. The molecule has 0 bridgehead atoms. The molecule has 0 aliphatic carbocycles. The van der Waals surface area contributed by atoms with E-state index in [1.54, 1.807) is 6.20 Å². The molecule has 3 rings (SSSR count). The summed E-state index contributed by atoms with van der Waals surface area (Å²) in [5.41, 5.74) is 1.40. The summed E-state index contributed by atoms with van der Waals surface area (Å²) in [6, 6.07) is 3.88. The van der Waals surface area contributed by atoms with E-state index in [2.05, 4.69) is 15.5 Å². The Morgan fingerprint density at radius 3 is 2.95 bits per heavy atom. The van der Waals surface area contributed by atoms with E-state index in [1.165, 1.54) is 0 Å². The highest BCUT2D eigenvalue weighted by atomic mass is 32.2. The zero-order chi connectivity index (χ0) is 14.7. The Morgan fingerprint density at radius 2 is 2.24 bits per heavy atom. The lowest BCUT2D eigenvalue weighted by Gasteiger charge is -2.31. The molecule has 1 aliphatic rings. The number of H-pyrrole nitrogens is 1. The van der Waals surface area contributed by atoms with Crippen LogP contribution in [-0.4, -0.2) is 39.0 Å². The number of nitrogens with one attached hydrogen (secondary N) is 2. The predicted octanol–water partition coefficient (Wildman–Crippen LogP) is 2.33. The normalized spacial score (nSPS) is 18.0. The van der Waals surface area contributed by atoms with Crippen molar-refractivity contribution in [2.75, 3.05) is 18.1 Å². The molecule has 6 heteroatoms. The number of aromatic nitrogens is 2. The van der Waals surface area contributed by atoms with Crippen molar-refractivity contribution < 1.29 is 9.52 Å². The van der Waals surface area contributed by atoms with E-state index < -0.39 is 5.60 Å². The van der Waals surface area contributed by atoms with E-state index in [4.69, 9.17) is 4.42 Å².